The molecular weight excluding hydrogens is 601 g/mol. The Labute approximate surface area is 299 Å². The van der Waals surface area contributed by atoms with Crippen molar-refractivity contribution >= 4 is 0 Å². The van der Waals surface area contributed by atoms with Crippen LogP contribution in [0.4, 0.5) is 0 Å². The van der Waals surface area contributed by atoms with Crippen LogP contribution in [0.2, 0.25) is 0 Å². The average Bonchev–Trinajstić information content (AvgIpc) is 3.95. The molecule has 5 spiro atoms. The van der Waals surface area contributed by atoms with Gasteiger partial charge in [-0.25, -0.2) is 0 Å². The number of rotatable bonds is 0. The van der Waals surface area contributed by atoms with Crippen molar-refractivity contribution in [3.63, 3.8) is 0 Å². The lowest BCUT2D eigenvalue weighted by Gasteiger charge is -2.93. The van der Waals surface area contributed by atoms with Gasteiger partial charge in [-0.2, -0.15) is 0 Å². The van der Waals surface area contributed by atoms with E-state index >= 15 is 0 Å². The van der Waals surface area contributed by atoms with Crippen molar-refractivity contribution in [3.8, 4) is 0 Å². The first-order valence-electron chi connectivity index (χ1n) is 24.9. The first-order valence-corrected chi connectivity index (χ1v) is 24.9. The molecule has 0 amide bonds. The quantitative estimate of drug-likeness (QED) is 0.227. The van der Waals surface area contributed by atoms with Crippen LogP contribution in [-0.4, -0.2) is 0 Å². The van der Waals surface area contributed by atoms with Crippen LogP contribution in [0.1, 0.15) is 96.3 Å². The van der Waals surface area contributed by atoms with Crippen molar-refractivity contribution in [1.29, 1.82) is 0 Å². The zero-order valence-corrected chi connectivity index (χ0v) is 30.4. The van der Waals surface area contributed by atoms with E-state index < -0.39 is 0 Å². The molecule has 0 aromatic rings. The lowest BCUT2D eigenvalue weighted by atomic mass is 9.11. The summed E-state index contributed by atoms with van der Waals surface area (Å²) in [6.45, 7) is 0. The molecule has 35 atom stereocenters. The summed E-state index contributed by atoms with van der Waals surface area (Å²) in [5.74, 6) is 39.7. The zero-order valence-electron chi connectivity index (χ0n) is 30.4. The summed E-state index contributed by atoms with van der Waals surface area (Å²) < 4.78 is 0. The highest BCUT2D eigenvalue weighted by molar-refractivity contribution is 5.67. The van der Waals surface area contributed by atoms with E-state index in [1.54, 1.807) is 70.6 Å². The molecule has 0 aromatic heterocycles. The maximum Gasteiger partial charge on any atom is -0.0124 e. The molecule has 21 saturated carbocycles. The second-order valence-corrected chi connectivity index (χ2v) is 26.7. The molecule has 0 heteroatoms. The van der Waals surface area contributed by atoms with Gasteiger partial charge in [0.2, 0.25) is 0 Å². The van der Waals surface area contributed by atoms with E-state index in [0.717, 1.165) is 27.1 Å². The summed E-state index contributed by atoms with van der Waals surface area (Å²) in [5.41, 5.74) is 5.24. The third kappa shape index (κ3) is 1.54. The minimum absolute atomic E-state index is 0.929. The number of fused-ring (bicyclic) bond motifs is 36. The van der Waals surface area contributed by atoms with Gasteiger partial charge in [0.25, 0.3) is 0 Å². The molecule has 0 aliphatic heterocycles. The SMILES string of the molecule is C1CCCCCCCC23C(CCCCCC1)C2C1C2C4C(C5C4C4C5C5C67C8C9C%10C%11C(C%10C9C8C6C457)C4C%11C5C4C46C7C8CC8C74C56)C2C13. The summed E-state index contributed by atoms with van der Waals surface area (Å²) in [5, 5.41) is 0. The minimum Gasteiger partial charge on any atom is -0.0533 e. The second-order valence-electron chi connectivity index (χ2n) is 26.7. The second kappa shape index (κ2) is 6.19. The minimum atomic E-state index is 0.929. The Balaban J connectivity index is 0.545. The van der Waals surface area contributed by atoms with Crippen molar-refractivity contribution < 1.29 is 0 Å². The zero-order chi connectivity index (χ0) is 30.4. The maximum absolute atomic E-state index is 1.71. The van der Waals surface area contributed by atoms with E-state index in [1.165, 1.54) is 203 Å². The lowest BCUT2D eigenvalue weighted by molar-refractivity contribution is -0.468. The van der Waals surface area contributed by atoms with E-state index in [0.29, 0.717) is 0 Å². The molecule has 21 fully saturated rings. The molecule has 50 heavy (non-hydrogen) atoms. The number of hydrogen-bond donors (Lipinski definition) is 0. The molecule has 0 heterocycles. The average molecular weight is 661 g/mol. The Morgan fingerprint density at radius 1 is 0.280 bits per heavy atom. The first-order chi connectivity index (χ1) is 24.9. The molecule has 0 radical (unpaired) electrons. The molecule has 260 valence electrons. The van der Waals surface area contributed by atoms with Gasteiger partial charge in [0.05, 0.1) is 0 Å². The smallest absolute Gasteiger partial charge is 0.0124 e. The monoisotopic (exact) mass is 660 g/mol. The van der Waals surface area contributed by atoms with Crippen LogP contribution < -0.4 is 0 Å². The Bertz CT molecular complexity index is 1910. The van der Waals surface area contributed by atoms with Crippen LogP contribution in [0.25, 0.3) is 0 Å². The van der Waals surface area contributed by atoms with E-state index in [9.17, 15) is 0 Å². The van der Waals surface area contributed by atoms with E-state index in [-0.39, 0.29) is 0 Å². The molecule has 21 aliphatic carbocycles. The van der Waals surface area contributed by atoms with E-state index in [4.69, 9.17) is 0 Å². The van der Waals surface area contributed by atoms with Gasteiger partial charge in [-0.3, -0.25) is 0 Å². The van der Waals surface area contributed by atoms with Gasteiger partial charge >= 0.3 is 0 Å². The van der Waals surface area contributed by atoms with Crippen LogP contribution in [0.3, 0.4) is 0 Å². The van der Waals surface area contributed by atoms with Crippen molar-refractivity contribution in [1.82, 2.24) is 0 Å². The van der Waals surface area contributed by atoms with Crippen LogP contribution in [0.5, 0.6) is 0 Å². The predicted molar refractivity (Wildman–Crippen MR) is 186 cm³/mol. The highest BCUT2D eigenvalue weighted by Gasteiger charge is 3.21. The van der Waals surface area contributed by atoms with E-state index in [2.05, 4.69) is 0 Å². The lowest BCUT2D eigenvalue weighted by Crippen LogP contribution is -2.90. The van der Waals surface area contributed by atoms with Gasteiger partial charge in [-0.1, -0.05) is 77.0 Å². The fourth-order valence-corrected chi connectivity index (χ4v) is 29.9. The molecule has 0 aromatic carbocycles. The van der Waals surface area contributed by atoms with Gasteiger partial charge < -0.3 is 0 Å². The topological polar surface area (TPSA) is 0 Å². The Kier molecular flexibility index (Phi) is 3.04. The fraction of sp³-hybridized carbons (Fsp3) is 1.00. The van der Waals surface area contributed by atoms with Crippen LogP contribution in [0.15, 0.2) is 0 Å². The van der Waals surface area contributed by atoms with Crippen molar-refractivity contribution in [2.45, 2.75) is 96.3 Å². The van der Waals surface area contributed by atoms with Gasteiger partial charge in [0, 0.05) is 0 Å². The third-order valence-electron chi connectivity index (χ3n) is 29.2. The van der Waals surface area contributed by atoms with Gasteiger partial charge in [-0.15, -0.1) is 0 Å². The van der Waals surface area contributed by atoms with Crippen molar-refractivity contribution in [2.24, 2.45) is 205 Å². The summed E-state index contributed by atoms with van der Waals surface area (Å²) in [4.78, 5) is 0. The Morgan fingerprint density at radius 2 is 0.700 bits per heavy atom. The molecule has 21 aliphatic rings. The van der Waals surface area contributed by atoms with Crippen LogP contribution in [-0.2, 0) is 0 Å². The normalized spacial score (nSPS) is 91.2. The van der Waals surface area contributed by atoms with Crippen LogP contribution >= 0.6 is 0 Å². The molecule has 0 bridgehead atoms. The number of hydrogen-bond acceptors (Lipinski definition) is 0. The first kappa shape index (κ1) is 24.5. The Morgan fingerprint density at radius 3 is 1.28 bits per heavy atom. The maximum atomic E-state index is 1.71. The highest BCUT2D eigenvalue weighted by Crippen LogP contribution is 3.24. The van der Waals surface area contributed by atoms with Gasteiger partial charge in [0.1, 0.15) is 0 Å². The van der Waals surface area contributed by atoms with E-state index in [1.807, 2.05) is 0 Å². The molecule has 0 N–H and O–H groups in total. The fourth-order valence-electron chi connectivity index (χ4n) is 29.9. The Hall–Kier alpha value is 0. The molecule has 35 unspecified atom stereocenters. The van der Waals surface area contributed by atoms with Gasteiger partial charge in [-0.05, 0) is 224 Å². The molecule has 0 saturated heterocycles. The summed E-state index contributed by atoms with van der Waals surface area (Å²) >= 11 is 0. The van der Waals surface area contributed by atoms with Crippen LogP contribution in [0, 0.1) is 205 Å². The summed E-state index contributed by atoms with van der Waals surface area (Å²) in [7, 11) is 0. The summed E-state index contributed by atoms with van der Waals surface area (Å²) in [6, 6.07) is 0. The molecule has 0 nitrogen and oxygen atoms in total. The standard InChI is InChI=1S/C50H60/c1-2-4-6-8-10-12-14-46-17(13-11-9-7-5-3-1)37(46)33-25-23-24(29(25)38(33)46)28-32(23)41-36(28)45-49-40-31-22-19-21(20(22)27(31)35(40)44(49)50(41,45)49)30-26(19)34-39(30)48-42-16-15-18(16)47(42,48)43(34)48/h16-45H,1-15H2. The van der Waals surface area contributed by atoms with Crippen molar-refractivity contribution in [3.05, 3.63) is 0 Å². The predicted octanol–water partition coefficient (Wildman–Crippen LogP) is 9.54. The molecular formula is C50H60. The van der Waals surface area contributed by atoms with Gasteiger partial charge in [0.15, 0.2) is 0 Å². The largest absolute Gasteiger partial charge is 0.0533 e. The van der Waals surface area contributed by atoms with Crippen molar-refractivity contribution in [2.75, 3.05) is 0 Å². The molecule has 21 rings (SSSR count). The summed E-state index contributed by atoms with van der Waals surface area (Å²) in [6.07, 6.45) is 23.8. The highest BCUT2D eigenvalue weighted by atomic mass is 15.2. The third-order valence-corrected chi connectivity index (χ3v) is 29.2.